The normalized spacial score (nSPS) is 22.0. The molecule has 0 radical (unpaired) electrons. The van der Waals surface area contributed by atoms with Crippen LogP contribution in [-0.4, -0.2) is 30.7 Å². The molecule has 2 atom stereocenters. The van der Waals surface area contributed by atoms with Gasteiger partial charge in [0.1, 0.15) is 0 Å². The van der Waals surface area contributed by atoms with Crippen LogP contribution in [0.1, 0.15) is 35.2 Å². The van der Waals surface area contributed by atoms with Gasteiger partial charge in [-0.15, -0.1) is 0 Å². The van der Waals surface area contributed by atoms with E-state index < -0.39 is 0 Å². The van der Waals surface area contributed by atoms with E-state index >= 15 is 0 Å². The van der Waals surface area contributed by atoms with Gasteiger partial charge in [-0.1, -0.05) is 24.8 Å². The lowest BCUT2D eigenvalue weighted by molar-refractivity contribution is 0.134. The Morgan fingerprint density at radius 2 is 2.04 bits per heavy atom. The van der Waals surface area contributed by atoms with Crippen molar-refractivity contribution in [3.05, 3.63) is 59.2 Å². The number of piperazine rings is 1. The Morgan fingerprint density at radius 3 is 2.77 bits per heavy atom. The molecule has 2 aliphatic rings. The maximum atomic E-state index is 6.00. The quantitative estimate of drug-likeness (QED) is 0.665. The molecule has 0 spiro atoms. The fourth-order valence-electron chi connectivity index (χ4n) is 4.54. The molecule has 2 heterocycles. The number of benzene rings is 2. The van der Waals surface area contributed by atoms with Crippen LogP contribution in [-0.2, 0) is 6.54 Å². The molecular weight excluding hydrogens is 320 g/mol. The largest absolute Gasteiger partial charge is 0.399 e. The third-order valence-electron chi connectivity index (χ3n) is 5.82. The van der Waals surface area contributed by atoms with Gasteiger partial charge in [0, 0.05) is 42.6 Å². The minimum atomic E-state index is 0.397. The minimum Gasteiger partial charge on any atom is -0.399 e. The first-order chi connectivity index (χ1) is 12.5. The van der Waals surface area contributed by atoms with Gasteiger partial charge in [-0.05, 0) is 55.5 Å². The first-order valence-electron chi connectivity index (χ1n) is 9.15. The van der Waals surface area contributed by atoms with E-state index in [0.717, 1.165) is 42.1 Å². The van der Waals surface area contributed by atoms with Crippen molar-refractivity contribution in [1.82, 2.24) is 4.90 Å². The average molecular weight is 346 g/mol. The third kappa shape index (κ3) is 2.53. The predicted octanol–water partition coefficient (Wildman–Crippen LogP) is 4.32. The van der Waals surface area contributed by atoms with E-state index in [-0.39, 0.29) is 0 Å². The molecule has 26 heavy (non-hydrogen) atoms. The van der Waals surface area contributed by atoms with Crippen LogP contribution >= 0.6 is 0 Å². The lowest BCUT2D eigenvalue weighted by Gasteiger charge is -2.44. The number of nitrogen functional groups attached to an aromatic ring is 1. The Morgan fingerprint density at radius 1 is 1.23 bits per heavy atom. The number of hydrogen-bond acceptors (Lipinski definition) is 4. The van der Waals surface area contributed by atoms with Gasteiger partial charge >= 0.3 is 0 Å². The molecule has 2 aliphatic heterocycles. The highest BCUT2D eigenvalue weighted by Crippen LogP contribution is 2.42. The fraction of sp³-hybridized carbons (Fsp3) is 0.318. The summed E-state index contributed by atoms with van der Waals surface area (Å²) in [6.07, 6.45) is 1.91. The average Bonchev–Trinajstić information content (AvgIpc) is 2.99. The molecule has 1 fully saturated rings. The molecule has 2 aromatic carbocycles. The molecule has 1 saturated heterocycles. The van der Waals surface area contributed by atoms with Crippen molar-refractivity contribution in [1.29, 1.82) is 0 Å². The Balaban J connectivity index is 1.74. The zero-order valence-electron chi connectivity index (χ0n) is 15.6. The Bertz CT molecular complexity index is 886. The SMILES string of the molecule is C=Cc1c(N2CC(C)N3Cc4cc(N)ccc4C3C2)ccc(C)c1N=C. The molecule has 134 valence electrons. The summed E-state index contributed by atoms with van der Waals surface area (Å²) in [5.74, 6) is 0. The van der Waals surface area contributed by atoms with Crippen molar-refractivity contribution in [2.24, 2.45) is 4.99 Å². The van der Waals surface area contributed by atoms with E-state index in [9.17, 15) is 0 Å². The summed E-state index contributed by atoms with van der Waals surface area (Å²) in [7, 11) is 0. The van der Waals surface area contributed by atoms with Crippen LogP contribution in [0, 0.1) is 6.92 Å². The summed E-state index contributed by atoms with van der Waals surface area (Å²) in [6, 6.07) is 11.5. The molecule has 4 heteroatoms. The van der Waals surface area contributed by atoms with Crippen molar-refractivity contribution >= 4 is 29.9 Å². The second kappa shape index (κ2) is 6.29. The van der Waals surface area contributed by atoms with Gasteiger partial charge in [0.05, 0.1) is 11.7 Å². The highest BCUT2D eigenvalue weighted by molar-refractivity contribution is 5.79. The number of anilines is 2. The van der Waals surface area contributed by atoms with Crippen LogP contribution in [0.5, 0.6) is 0 Å². The summed E-state index contributed by atoms with van der Waals surface area (Å²) >= 11 is 0. The molecule has 0 aliphatic carbocycles. The van der Waals surface area contributed by atoms with Crippen LogP contribution in [0.2, 0.25) is 0 Å². The van der Waals surface area contributed by atoms with Crippen LogP contribution < -0.4 is 10.6 Å². The molecular formula is C22H26N4. The zero-order chi connectivity index (χ0) is 18.4. The van der Waals surface area contributed by atoms with Crippen molar-refractivity contribution in [2.45, 2.75) is 32.5 Å². The van der Waals surface area contributed by atoms with Gasteiger partial charge in [0.25, 0.3) is 0 Å². The number of nitrogens with zero attached hydrogens (tertiary/aromatic N) is 3. The van der Waals surface area contributed by atoms with Crippen LogP contribution in [0.25, 0.3) is 6.08 Å². The molecule has 0 bridgehead atoms. The molecule has 0 aromatic heterocycles. The van der Waals surface area contributed by atoms with E-state index in [1.165, 1.54) is 16.8 Å². The lowest BCUT2D eigenvalue weighted by Crippen LogP contribution is -2.51. The number of aliphatic imine (C=N–C) groups is 1. The molecule has 4 rings (SSSR count). The summed E-state index contributed by atoms with van der Waals surface area (Å²) < 4.78 is 0. The van der Waals surface area contributed by atoms with Gasteiger partial charge in [-0.3, -0.25) is 9.89 Å². The first-order valence-corrected chi connectivity index (χ1v) is 9.15. The Hall–Kier alpha value is -2.59. The monoisotopic (exact) mass is 346 g/mol. The molecule has 0 amide bonds. The van der Waals surface area contributed by atoms with E-state index in [1.807, 2.05) is 12.1 Å². The highest BCUT2D eigenvalue weighted by Gasteiger charge is 2.39. The third-order valence-corrected chi connectivity index (χ3v) is 5.82. The van der Waals surface area contributed by atoms with Crippen molar-refractivity contribution in [3.63, 3.8) is 0 Å². The fourth-order valence-corrected chi connectivity index (χ4v) is 4.54. The maximum Gasteiger partial charge on any atom is 0.0744 e. The van der Waals surface area contributed by atoms with Gasteiger partial charge < -0.3 is 10.6 Å². The number of rotatable bonds is 3. The second-order valence-electron chi connectivity index (χ2n) is 7.43. The first kappa shape index (κ1) is 16.9. The standard InChI is InChI=1S/C22H26N4/c1-5-18-20(9-6-14(2)22(18)24-4)25-11-15(3)26-12-16-10-17(23)7-8-19(16)21(26)13-25/h5-10,15,21H,1,4,11-13,23H2,2-3H3. The number of nitrogens with two attached hydrogens (primary N) is 1. The van der Waals surface area contributed by atoms with Crippen LogP contribution in [0.15, 0.2) is 41.9 Å². The number of hydrogen-bond donors (Lipinski definition) is 1. The number of fused-ring (bicyclic) bond motifs is 3. The van der Waals surface area contributed by atoms with Crippen molar-refractivity contribution in [3.8, 4) is 0 Å². The van der Waals surface area contributed by atoms with Crippen LogP contribution in [0.3, 0.4) is 0 Å². The topological polar surface area (TPSA) is 44.9 Å². The minimum absolute atomic E-state index is 0.397. The van der Waals surface area contributed by atoms with Gasteiger partial charge in [-0.2, -0.15) is 0 Å². The van der Waals surface area contributed by atoms with Crippen LogP contribution in [0.4, 0.5) is 17.1 Å². The maximum absolute atomic E-state index is 6.00. The van der Waals surface area contributed by atoms with Gasteiger partial charge in [-0.25, -0.2) is 0 Å². The number of aryl methyl sites for hydroxylation is 1. The summed E-state index contributed by atoms with van der Waals surface area (Å²) in [5, 5.41) is 0. The van der Waals surface area contributed by atoms with E-state index in [0.29, 0.717) is 12.1 Å². The Labute approximate surface area is 155 Å². The molecule has 2 unspecified atom stereocenters. The summed E-state index contributed by atoms with van der Waals surface area (Å²) in [5.41, 5.74) is 14.0. The van der Waals surface area contributed by atoms with Crippen molar-refractivity contribution < 1.29 is 0 Å². The summed E-state index contributed by atoms with van der Waals surface area (Å²) in [6.45, 7) is 15.1. The second-order valence-corrected chi connectivity index (χ2v) is 7.43. The molecule has 2 aromatic rings. The zero-order valence-corrected chi connectivity index (χ0v) is 15.6. The van der Waals surface area contributed by atoms with Crippen molar-refractivity contribution in [2.75, 3.05) is 23.7 Å². The molecule has 4 nitrogen and oxygen atoms in total. The molecule has 2 N–H and O–H groups in total. The predicted molar refractivity (Wildman–Crippen MR) is 111 cm³/mol. The Kier molecular flexibility index (Phi) is 4.08. The highest BCUT2D eigenvalue weighted by atomic mass is 15.3. The lowest BCUT2D eigenvalue weighted by atomic mass is 9.99. The van der Waals surface area contributed by atoms with Gasteiger partial charge in [0.15, 0.2) is 0 Å². The molecule has 0 saturated carbocycles. The van der Waals surface area contributed by atoms with E-state index in [2.05, 4.69) is 66.2 Å². The van der Waals surface area contributed by atoms with E-state index in [1.54, 1.807) is 0 Å². The van der Waals surface area contributed by atoms with Gasteiger partial charge in [0.2, 0.25) is 0 Å². The smallest absolute Gasteiger partial charge is 0.0744 e. The summed E-state index contributed by atoms with van der Waals surface area (Å²) in [4.78, 5) is 9.32. The van der Waals surface area contributed by atoms with E-state index in [4.69, 9.17) is 5.73 Å².